The van der Waals surface area contributed by atoms with Crippen molar-refractivity contribution < 1.29 is 9.59 Å². The molecule has 0 aromatic carbocycles. The highest BCUT2D eigenvalue weighted by Crippen LogP contribution is 2.47. The Morgan fingerprint density at radius 3 is 2.14 bits per heavy atom. The predicted molar refractivity (Wildman–Crippen MR) is 83.0 cm³/mol. The third-order valence-electron chi connectivity index (χ3n) is 5.52. The topological polar surface area (TPSA) is 84.2 Å². The number of hydrogen-bond donors (Lipinski definition) is 3. The lowest BCUT2D eigenvalue weighted by Crippen LogP contribution is -2.56. The van der Waals surface area contributed by atoms with Gasteiger partial charge in [-0.25, -0.2) is 0 Å². The molecule has 120 valence electrons. The van der Waals surface area contributed by atoms with Gasteiger partial charge in [0, 0.05) is 19.1 Å². The maximum atomic E-state index is 12.5. The number of fused-ring (bicyclic) bond motifs is 2. The van der Waals surface area contributed by atoms with E-state index in [0.717, 1.165) is 25.7 Å². The van der Waals surface area contributed by atoms with E-state index in [9.17, 15) is 9.59 Å². The first kappa shape index (κ1) is 16.6. The molecule has 0 aromatic heterocycles. The second-order valence-corrected chi connectivity index (χ2v) is 6.84. The van der Waals surface area contributed by atoms with Crippen LogP contribution in [-0.4, -0.2) is 30.9 Å². The predicted octanol–water partition coefficient (Wildman–Crippen LogP) is 0.957. The van der Waals surface area contributed by atoms with Crippen LogP contribution in [0.3, 0.4) is 0 Å². The normalized spacial score (nSPS) is 36.1. The lowest BCUT2D eigenvalue weighted by molar-refractivity contribution is -0.138. The van der Waals surface area contributed by atoms with Gasteiger partial charge in [0.25, 0.3) is 0 Å². The Morgan fingerprint density at radius 2 is 1.67 bits per heavy atom. The van der Waals surface area contributed by atoms with Gasteiger partial charge < -0.3 is 16.4 Å². The Kier molecular flexibility index (Phi) is 4.83. The van der Waals surface area contributed by atoms with E-state index in [1.54, 1.807) is 7.05 Å². The smallest absolute Gasteiger partial charge is 0.235 e. The molecule has 3 aliphatic rings. The van der Waals surface area contributed by atoms with E-state index in [2.05, 4.69) is 10.6 Å². The average Bonchev–Trinajstić information content (AvgIpc) is 3.20. The molecule has 3 fully saturated rings. The van der Waals surface area contributed by atoms with Crippen molar-refractivity contribution in [1.29, 1.82) is 0 Å². The first-order chi connectivity index (χ1) is 9.56. The molecular formula is C15H26ClN3O2. The molecular weight excluding hydrogens is 290 g/mol. The minimum absolute atomic E-state index is 0. The molecule has 5 nitrogen and oxygen atoms in total. The van der Waals surface area contributed by atoms with Gasteiger partial charge >= 0.3 is 0 Å². The van der Waals surface area contributed by atoms with Crippen LogP contribution in [0.4, 0.5) is 0 Å². The van der Waals surface area contributed by atoms with Crippen LogP contribution in [0.2, 0.25) is 0 Å². The van der Waals surface area contributed by atoms with Crippen LogP contribution in [0.25, 0.3) is 0 Å². The molecule has 3 rings (SSSR count). The lowest BCUT2D eigenvalue weighted by Gasteiger charge is -2.45. The van der Waals surface area contributed by atoms with Crippen molar-refractivity contribution >= 4 is 24.2 Å². The summed E-state index contributed by atoms with van der Waals surface area (Å²) in [7, 11) is 1.60. The summed E-state index contributed by atoms with van der Waals surface area (Å²) in [6.45, 7) is 0. The zero-order valence-electron chi connectivity index (χ0n) is 12.6. The van der Waals surface area contributed by atoms with Gasteiger partial charge in [-0.3, -0.25) is 9.59 Å². The standard InChI is InChI=1S/C15H25N3O2.ClH/c1-17-13(19)15(5-6-15)14(20)18-12-9-3-2-4-10(12)8-11(16)7-9;/h9-12H,2-8,16H2,1H3,(H,17,19)(H,18,20);1H. The number of carbonyl (C=O) groups excluding carboxylic acids is 2. The largest absolute Gasteiger partial charge is 0.358 e. The van der Waals surface area contributed by atoms with E-state index < -0.39 is 5.41 Å². The quantitative estimate of drug-likeness (QED) is 0.678. The number of amides is 2. The highest BCUT2D eigenvalue weighted by Gasteiger charge is 2.57. The molecule has 0 spiro atoms. The van der Waals surface area contributed by atoms with Gasteiger partial charge in [0.2, 0.25) is 11.8 Å². The molecule has 6 heteroatoms. The Balaban J connectivity index is 0.00000161. The molecule has 2 atom stereocenters. The van der Waals surface area contributed by atoms with Crippen LogP contribution in [0.15, 0.2) is 0 Å². The van der Waals surface area contributed by atoms with E-state index >= 15 is 0 Å². The molecule has 3 aliphatic carbocycles. The molecule has 2 unspecified atom stereocenters. The van der Waals surface area contributed by atoms with Crippen LogP contribution < -0.4 is 16.4 Å². The molecule has 0 radical (unpaired) electrons. The molecule has 21 heavy (non-hydrogen) atoms. The number of nitrogens with one attached hydrogen (secondary N) is 2. The summed E-state index contributed by atoms with van der Waals surface area (Å²) in [5, 5.41) is 5.83. The summed E-state index contributed by atoms with van der Waals surface area (Å²) >= 11 is 0. The lowest BCUT2D eigenvalue weighted by atomic mass is 9.67. The van der Waals surface area contributed by atoms with Crippen molar-refractivity contribution in [3.8, 4) is 0 Å². The number of carbonyl (C=O) groups is 2. The van der Waals surface area contributed by atoms with Gasteiger partial charge in [-0.15, -0.1) is 12.4 Å². The third kappa shape index (κ3) is 2.90. The summed E-state index contributed by atoms with van der Waals surface area (Å²) in [6.07, 6.45) is 6.93. The molecule has 4 N–H and O–H groups in total. The fourth-order valence-electron chi connectivity index (χ4n) is 4.24. The molecule has 3 saturated carbocycles. The number of hydrogen-bond acceptors (Lipinski definition) is 3. The van der Waals surface area contributed by atoms with Gasteiger partial charge in [-0.05, 0) is 50.4 Å². The van der Waals surface area contributed by atoms with E-state index in [-0.39, 0.29) is 36.3 Å². The van der Waals surface area contributed by atoms with E-state index in [1.165, 1.54) is 6.42 Å². The summed E-state index contributed by atoms with van der Waals surface area (Å²) in [6, 6.07) is 0.519. The molecule has 2 amide bonds. The van der Waals surface area contributed by atoms with Gasteiger partial charge in [0.15, 0.2) is 0 Å². The van der Waals surface area contributed by atoms with Crippen molar-refractivity contribution in [2.75, 3.05) is 7.05 Å². The van der Waals surface area contributed by atoms with Crippen LogP contribution in [-0.2, 0) is 9.59 Å². The second-order valence-electron chi connectivity index (χ2n) is 6.84. The van der Waals surface area contributed by atoms with Gasteiger partial charge in [-0.1, -0.05) is 6.42 Å². The minimum Gasteiger partial charge on any atom is -0.358 e. The zero-order valence-corrected chi connectivity index (χ0v) is 13.4. The third-order valence-corrected chi connectivity index (χ3v) is 5.52. The Morgan fingerprint density at radius 1 is 1.10 bits per heavy atom. The Hall–Kier alpha value is -0.810. The Bertz CT molecular complexity index is 411. The Labute approximate surface area is 132 Å². The van der Waals surface area contributed by atoms with Gasteiger partial charge in [0.05, 0.1) is 0 Å². The van der Waals surface area contributed by atoms with Crippen LogP contribution >= 0.6 is 12.4 Å². The number of rotatable bonds is 3. The van der Waals surface area contributed by atoms with Crippen molar-refractivity contribution in [3.05, 3.63) is 0 Å². The minimum atomic E-state index is -0.775. The van der Waals surface area contributed by atoms with Gasteiger partial charge in [0.1, 0.15) is 5.41 Å². The monoisotopic (exact) mass is 315 g/mol. The molecule has 0 heterocycles. The van der Waals surface area contributed by atoms with Crippen molar-refractivity contribution in [2.24, 2.45) is 23.0 Å². The van der Waals surface area contributed by atoms with Crippen LogP contribution in [0.5, 0.6) is 0 Å². The van der Waals surface area contributed by atoms with Crippen LogP contribution in [0.1, 0.15) is 44.9 Å². The first-order valence-electron chi connectivity index (χ1n) is 7.85. The zero-order chi connectivity index (χ0) is 14.3. The van der Waals surface area contributed by atoms with Crippen molar-refractivity contribution in [2.45, 2.75) is 57.0 Å². The van der Waals surface area contributed by atoms with Crippen molar-refractivity contribution in [1.82, 2.24) is 10.6 Å². The molecule has 0 aromatic rings. The maximum Gasteiger partial charge on any atom is 0.235 e. The van der Waals surface area contributed by atoms with Crippen molar-refractivity contribution in [3.63, 3.8) is 0 Å². The highest BCUT2D eigenvalue weighted by molar-refractivity contribution is 6.07. The fourth-order valence-corrected chi connectivity index (χ4v) is 4.24. The average molecular weight is 316 g/mol. The number of halogens is 1. The summed E-state index contributed by atoms with van der Waals surface area (Å²) in [5.74, 6) is 0.811. The maximum absolute atomic E-state index is 12.5. The van der Waals surface area contributed by atoms with E-state index in [4.69, 9.17) is 5.73 Å². The molecule has 0 aliphatic heterocycles. The first-order valence-corrected chi connectivity index (χ1v) is 7.85. The van der Waals surface area contributed by atoms with Gasteiger partial charge in [-0.2, -0.15) is 0 Å². The molecule has 0 saturated heterocycles. The molecule has 2 bridgehead atoms. The van der Waals surface area contributed by atoms with Crippen LogP contribution in [0, 0.1) is 17.3 Å². The summed E-state index contributed by atoms with van der Waals surface area (Å²) in [5.41, 5.74) is 5.33. The number of nitrogens with two attached hydrogens (primary N) is 1. The summed E-state index contributed by atoms with van der Waals surface area (Å²) in [4.78, 5) is 24.4. The van der Waals surface area contributed by atoms with E-state index in [0.29, 0.717) is 24.7 Å². The second kappa shape index (κ2) is 6.13. The summed E-state index contributed by atoms with van der Waals surface area (Å²) < 4.78 is 0. The SMILES string of the molecule is CNC(=O)C1(C(=O)NC2C3CCCC2CC(N)C3)CC1.Cl. The highest BCUT2D eigenvalue weighted by atomic mass is 35.5. The fraction of sp³-hybridized carbons (Fsp3) is 0.867. The van der Waals surface area contributed by atoms with E-state index in [1.807, 2.05) is 0 Å².